The molecule has 0 atom stereocenters. The molecule has 1 spiro atoms. The van der Waals surface area contributed by atoms with Gasteiger partial charge in [0.2, 0.25) is 5.95 Å². The normalized spacial score (nSPS) is 19.2. The topological polar surface area (TPSA) is 59.3 Å². The number of aromatic nitrogens is 2. The molecule has 0 bridgehead atoms. The van der Waals surface area contributed by atoms with Gasteiger partial charge in [-0.1, -0.05) is 90.9 Å². The molecule has 3 aliphatic carbocycles. The Morgan fingerprint density at radius 2 is 1.69 bits per heavy atom. The van der Waals surface area contributed by atoms with Crippen molar-refractivity contribution >= 4 is 28.1 Å². The molecular weight excluding hydrogens is 512 g/mol. The summed E-state index contributed by atoms with van der Waals surface area (Å²) in [4.78, 5) is 19.7. The molecule has 1 N–H and O–H groups in total. The van der Waals surface area contributed by atoms with Gasteiger partial charge in [0.15, 0.2) is 0 Å². The lowest BCUT2D eigenvalue weighted by atomic mass is 9.62. The first-order valence-electron chi connectivity index (χ1n) is 13.4. The van der Waals surface area contributed by atoms with E-state index in [1.54, 1.807) is 6.21 Å². The van der Waals surface area contributed by atoms with Gasteiger partial charge in [0.1, 0.15) is 0 Å². The van der Waals surface area contributed by atoms with Crippen molar-refractivity contribution in [3.8, 4) is 11.3 Å². The van der Waals surface area contributed by atoms with Crippen molar-refractivity contribution in [2.24, 2.45) is 5.10 Å². The van der Waals surface area contributed by atoms with Crippen LogP contribution in [0, 0.1) is 0 Å². The third-order valence-corrected chi connectivity index (χ3v) is 8.97. The van der Waals surface area contributed by atoms with Crippen LogP contribution in [-0.4, -0.2) is 15.8 Å². The van der Waals surface area contributed by atoms with E-state index >= 15 is 0 Å². The van der Waals surface area contributed by atoms with E-state index in [2.05, 4.69) is 50.7 Å². The van der Waals surface area contributed by atoms with Gasteiger partial charge in [-0.3, -0.25) is 9.36 Å². The lowest BCUT2D eigenvalue weighted by molar-refractivity contribution is 0.278. The van der Waals surface area contributed by atoms with E-state index in [1.165, 1.54) is 31.2 Å². The Balaban J connectivity index is 1.50. The SMILES string of the molecule is O=c1c2c(nc(N/N=C/c3ccc(Br)cc3)n1C1CCCCC1)-c1ccccc1CC21CCCCC1. The molecule has 3 aromatic rings. The molecule has 2 fully saturated rings. The summed E-state index contributed by atoms with van der Waals surface area (Å²) in [7, 11) is 0. The predicted molar refractivity (Wildman–Crippen MR) is 150 cm³/mol. The van der Waals surface area contributed by atoms with E-state index in [4.69, 9.17) is 4.98 Å². The number of nitrogens with zero attached hydrogens (tertiary/aromatic N) is 3. The fourth-order valence-electron chi connectivity index (χ4n) is 6.69. The maximum absolute atomic E-state index is 14.5. The minimum absolute atomic E-state index is 0.0956. The van der Waals surface area contributed by atoms with Crippen LogP contribution < -0.4 is 11.0 Å². The maximum Gasteiger partial charge on any atom is 0.259 e. The number of rotatable bonds is 4. The first kappa shape index (κ1) is 23.7. The van der Waals surface area contributed by atoms with E-state index < -0.39 is 0 Å². The fourth-order valence-corrected chi connectivity index (χ4v) is 6.95. The Kier molecular flexibility index (Phi) is 6.55. The van der Waals surface area contributed by atoms with E-state index in [-0.39, 0.29) is 17.0 Å². The van der Waals surface area contributed by atoms with Crippen molar-refractivity contribution in [3.63, 3.8) is 0 Å². The van der Waals surface area contributed by atoms with Crippen molar-refractivity contribution in [1.82, 2.24) is 9.55 Å². The molecule has 1 aromatic heterocycles. The zero-order valence-electron chi connectivity index (χ0n) is 20.7. The van der Waals surface area contributed by atoms with Crippen LogP contribution in [0.25, 0.3) is 11.3 Å². The van der Waals surface area contributed by atoms with Crippen LogP contribution in [0.5, 0.6) is 0 Å². The van der Waals surface area contributed by atoms with Gasteiger partial charge in [-0.15, -0.1) is 0 Å². The summed E-state index contributed by atoms with van der Waals surface area (Å²) < 4.78 is 3.01. The minimum atomic E-state index is -0.0956. The van der Waals surface area contributed by atoms with E-state index in [1.807, 2.05) is 28.8 Å². The molecule has 0 amide bonds. The van der Waals surface area contributed by atoms with Gasteiger partial charge in [0.05, 0.1) is 17.5 Å². The molecule has 0 radical (unpaired) electrons. The highest BCUT2D eigenvalue weighted by atomic mass is 79.9. The molecule has 3 aliphatic rings. The number of fused-ring (bicyclic) bond motifs is 4. The number of hydrogen-bond acceptors (Lipinski definition) is 4. The second-order valence-electron chi connectivity index (χ2n) is 10.7. The third kappa shape index (κ3) is 4.34. The van der Waals surface area contributed by atoms with Crippen molar-refractivity contribution in [3.05, 3.63) is 80.0 Å². The molecule has 5 nitrogen and oxygen atoms in total. The zero-order chi connectivity index (χ0) is 24.5. The van der Waals surface area contributed by atoms with E-state index in [9.17, 15) is 4.79 Å². The summed E-state index contributed by atoms with van der Waals surface area (Å²) >= 11 is 3.48. The van der Waals surface area contributed by atoms with E-state index in [0.717, 1.165) is 71.8 Å². The summed E-state index contributed by atoms with van der Waals surface area (Å²) in [6.07, 6.45) is 14.1. The number of halogens is 1. The number of hydrogen-bond donors (Lipinski definition) is 1. The predicted octanol–water partition coefficient (Wildman–Crippen LogP) is 7.38. The number of benzene rings is 2. The summed E-state index contributed by atoms with van der Waals surface area (Å²) in [5.41, 5.74) is 8.51. The van der Waals surface area contributed by atoms with Crippen LogP contribution in [0.3, 0.4) is 0 Å². The van der Waals surface area contributed by atoms with E-state index in [0.29, 0.717) is 5.95 Å². The standard InChI is InChI=1S/C30H33BrN4O/c31-23-15-13-21(14-16-23)20-32-34-29-33-27-25-12-6-5-9-22(25)19-30(17-7-2-8-18-30)26(27)28(36)35(29)24-10-3-1-4-11-24/h5-6,9,12-16,20,24H,1-4,7-8,10-11,17-19H2,(H,33,34)/b32-20+. The summed E-state index contributed by atoms with van der Waals surface area (Å²) in [5.74, 6) is 0.571. The Hall–Kier alpha value is -2.73. The highest BCUT2D eigenvalue weighted by molar-refractivity contribution is 9.10. The molecule has 6 heteroatoms. The largest absolute Gasteiger partial charge is 0.274 e. The van der Waals surface area contributed by atoms with Crippen LogP contribution in [0.15, 0.2) is 62.9 Å². The van der Waals surface area contributed by atoms with Gasteiger partial charge in [-0.25, -0.2) is 10.4 Å². The minimum Gasteiger partial charge on any atom is -0.274 e. The Morgan fingerprint density at radius 3 is 2.47 bits per heavy atom. The van der Waals surface area contributed by atoms with Crippen molar-refractivity contribution < 1.29 is 0 Å². The molecule has 1 heterocycles. The molecule has 2 aromatic carbocycles. The average molecular weight is 546 g/mol. The monoisotopic (exact) mass is 544 g/mol. The summed E-state index contributed by atoms with van der Waals surface area (Å²) in [6.45, 7) is 0. The molecule has 0 saturated heterocycles. The smallest absolute Gasteiger partial charge is 0.259 e. The second-order valence-corrected chi connectivity index (χ2v) is 11.6. The van der Waals surface area contributed by atoms with Crippen LogP contribution in [0.1, 0.15) is 86.9 Å². The number of hydrazone groups is 1. The molecule has 186 valence electrons. The number of nitrogens with one attached hydrogen (secondary N) is 1. The van der Waals surface area contributed by atoms with Gasteiger partial charge in [0.25, 0.3) is 5.56 Å². The van der Waals surface area contributed by atoms with Crippen LogP contribution in [-0.2, 0) is 11.8 Å². The summed E-state index contributed by atoms with van der Waals surface area (Å²) in [6, 6.07) is 16.7. The fraction of sp³-hybridized carbons (Fsp3) is 0.433. The second kappa shape index (κ2) is 9.97. The van der Waals surface area contributed by atoms with Gasteiger partial charge in [-0.2, -0.15) is 5.10 Å². The summed E-state index contributed by atoms with van der Waals surface area (Å²) in [5, 5.41) is 4.53. The van der Waals surface area contributed by atoms with Crippen LogP contribution >= 0.6 is 15.9 Å². The van der Waals surface area contributed by atoms with Crippen LogP contribution in [0.2, 0.25) is 0 Å². The average Bonchev–Trinajstić information content (AvgIpc) is 2.91. The third-order valence-electron chi connectivity index (χ3n) is 8.45. The molecule has 0 unspecified atom stereocenters. The van der Waals surface area contributed by atoms with Gasteiger partial charge in [-0.05, 0) is 55.4 Å². The highest BCUT2D eigenvalue weighted by Crippen LogP contribution is 2.49. The Morgan fingerprint density at radius 1 is 0.972 bits per heavy atom. The first-order valence-corrected chi connectivity index (χ1v) is 14.2. The Bertz CT molecular complexity index is 1330. The molecule has 6 rings (SSSR count). The lowest BCUT2D eigenvalue weighted by Crippen LogP contribution is -2.44. The van der Waals surface area contributed by atoms with Gasteiger partial charge < -0.3 is 0 Å². The quantitative estimate of drug-likeness (QED) is 0.275. The van der Waals surface area contributed by atoms with Crippen molar-refractivity contribution in [1.29, 1.82) is 0 Å². The van der Waals surface area contributed by atoms with Crippen molar-refractivity contribution in [2.45, 2.75) is 82.1 Å². The maximum atomic E-state index is 14.5. The van der Waals surface area contributed by atoms with Gasteiger partial charge in [0, 0.05) is 21.5 Å². The molecule has 36 heavy (non-hydrogen) atoms. The van der Waals surface area contributed by atoms with Crippen molar-refractivity contribution in [2.75, 3.05) is 5.43 Å². The molecule has 2 saturated carbocycles. The van der Waals surface area contributed by atoms with Crippen LogP contribution in [0.4, 0.5) is 5.95 Å². The lowest BCUT2D eigenvalue weighted by Gasteiger charge is -2.42. The molecule has 0 aliphatic heterocycles. The first-order chi connectivity index (χ1) is 17.6. The zero-order valence-corrected chi connectivity index (χ0v) is 22.3. The highest BCUT2D eigenvalue weighted by Gasteiger charge is 2.44. The Labute approximate surface area is 221 Å². The van der Waals surface area contributed by atoms with Gasteiger partial charge >= 0.3 is 0 Å². The number of anilines is 1. The molecular formula is C30H33BrN4O.